The van der Waals surface area contributed by atoms with Crippen molar-refractivity contribution in [1.82, 2.24) is 5.32 Å². The van der Waals surface area contributed by atoms with Gasteiger partial charge in [0.2, 0.25) is 5.91 Å². The van der Waals surface area contributed by atoms with Crippen LogP contribution >= 0.6 is 0 Å². The molecule has 0 heterocycles. The number of rotatable bonds is 3. The van der Waals surface area contributed by atoms with E-state index in [-0.39, 0.29) is 11.8 Å². The molecule has 1 amide bonds. The maximum absolute atomic E-state index is 10.6. The molecular weight excluding hydrogens is 166 g/mol. The van der Waals surface area contributed by atoms with Crippen molar-refractivity contribution in [3.63, 3.8) is 0 Å². The van der Waals surface area contributed by atoms with Crippen LogP contribution in [0.3, 0.4) is 0 Å². The first-order valence-corrected chi connectivity index (χ1v) is 4.92. The Morgan fingerprint density at radius 2 is 2.00 bits per heavy atom. The smallest absolute Gasteiger partial charge is 0.216 e. The highest BCUT2D eigenvalue weighted by Crippen LogP contribution is 2.26. The average Bonchev–Trinajstić information content (AvgIpc) is 2.15. The van der Waals surface area contributed by atoms with Crippen LogP contribution in [0.25, 0.3) is 0 Å². The fourth-order valence-corrected chi connectivity index (χ4v) is 1.82. The Labute approximate surface area is 78.9 Å². The summed E-state index contributed by atoms with van der Waals surface area (Å²) in [6.07, 6.45) is 5.20. The first-order chi connectivity index (χ1) is 6.22. The predicted molar refractivity (Wildman–Crippen MR) is 50.2 cm³/mol. The van der Waals surface area contributed by atoms with Gasteiger partial charge in [-0.15, -0.1) is 0 Å². The van der Waals surface area contributed by atoms with Crippen LogP contribution in [0, 0.1) is 11.8 Å². The van der Waals surface area contributed by atoms with E-state index in [1.807, 2.05) is 0 Å². The lowest BCUT2D eigenvalue weighted by molar-refractivity contribution is -0.119. The van der Waals surface area contributed by atoms with E-state index in [9.17, 15) is 9.59 Å². The van der Waals surface area contributed by atoms with Gasteiger partial charge < -0.3 is 10.1 Å². The Balaban J connectivity index is 2.17. The van der Waals surface area contributed by atoms with Gasteiger partial charge in [0, 0.05) is 19.4 Å². The number of hydrogen-bond donors (Lipinski definition) is 1. The van der Waals surface area contributed by atoms with Crippen molar-refractivity contribution in [3.05, 3.63) is 0 Å². The number of amides is 1. The molecule has 0 atom stereocenters. The van der Waals surface area contributed by atoms with Gasteiger partial charge in [-0.05, 0) is 31.6 Å². The number of hydrogen-bond acceptors (Lipinski definition) is 2. The summed E-state index contributed by atoms with van der Waals surface area (Å²) in [5, 5.41) is 2.82. The molecule has 1 N–H and O–H groups in total. The average molecular weight is 183 g/mol. The number of carbonyl (C=O) groups is 2. The molecule has 0 unspecified atom stereocenters. The molecule has 0 saturated heterocycles. The number of nitrogens with one attached hydrogen (secondary N) is 1. The van der Waals surface area contributed by atoms with Gasteiger partial charge in [0.25, 0.3) is 0 Å². The normalized spacial score (nSPS) is 28.1. The quantitative estimate of drug-likeness (QED) is 0.667. The molecule has 0 spiro atoms. The zero-order chi connectivity index (χ0) is 9.68. The lowest BCUT2D eigenvalue weighted by Gasteiger charge is -2.25. The third kappa shape index (κ3) is 3.57. The molecule has 0 radical (unpaired) electrons. The summed E-state index contributed by atoms with van der Waals surface area (Å²) in [5.74, 6) is 0.895. The predicted octanol–water partition coefficient (Wildman–Crippen LogP) is 1.13. The minimum absolute atomic E-state index is 0.0394. The van der Waals surface area contributed by atoms with Crippen LogP contribution in [0.5, 0.6) is 0 Å². The van der Waals surface area contributed by atoms with Crippen LogP contribution in [0.1, 0.15) is 32.6 Å². The molecule has 74 valence electrons. The standard InChI is InChI=1S/C10H17NO2/c1-8(13)11-6-9-2-4-10(7-12)5-3-9/h7,9-10H,2-6H2,1H3,(H,11,13)/t9-,10-. The van der Waals surface area contributed by atoms with Gasteiger partial charge in [-0.1, -0.05) is 0 Å². The third-order valence-corrected chi connectivity index (χ3v) is 2.72. The van der Waals surface area contributed by atoms with Crippen LogP contribution in [0.15, 0.2) is 0 Å². The van der Waals surface area contributed by atoms with E-state index >= 15 is 0 Å². The van der Waals surface area contributed by atoms with Crippen molar-refractivity contribution in [2.24, 2.45) is 11.8 Å². The molecule has 0 aromatic heterocycles. The van der Waals surface area contributed by atoms with E-state index in [2.05, 4.69) is 5.32 Å². The van der Waals surface area contributed by atoms with Gasteiger partial charge >= 0.3 is 0 Å². The summed E-state index contributed by atoms with van der Waals surface area (Å²) in [7, 11) is 0. The van der Waals surface area contributed by atoms with Gasteiger partial charge in [0.1, 0.15) is 6.29 Å². The Morgan fingerprint density at radius 3 is 2.46 bits per heavy atom. The zero-order valence-corrected chi connectivity index (χ0v) is 8.08. The summed E-state index contributed by atoms with van der Waals surface area (Å²) in [6, 6.07) is 0. The monoisotopic (exact) mass is 183 g/mol. The maximum atomic E-state index is 10.6. The van der Waals surface area contributed by atoms with E-state index in [1.54, 1.807) is 0 Å². The van der Waals surface area contributed by atoms with Crippen molar-refractivity contribution >= 4 is 12.2 Å². The molecule has 1 saturated carbocycles. The molecule has 13 heavy (non-hydrogen) atoms. The van der Waals surface area contributed by atoms with Gasteiger partial charge in [0.05, 0.1) is 0 Å². The molecule has 1 aliphatic carbocycles. The van der Waals surface area contributed by atoms with Crippen LogP contribution in [0.2, 0.25) is 0 Å². The topological polar surface area (TPSA) is 46.2 Å². The summed E-state index contributed by atoms with van der Waals surface area (Å²) < 4.78 is 0. The van der Waals surface area contributed by atoms with E-state index in [0.717, 1.165) is 38.5 Å². The number of carbonyl (C=O) groups excluding carboxylic acids is 2. The fourth-order valence-electron chi connectivity index (χ4n) is 1.82. The molecule has 1 aliphatic rings. The van der Waals surface area contributed by atoms with E-state index in [4.69, 9.17) is 0 Å². The van der Waals surface area contributed by atoms with E-state index < -0.39 is 0 Å². The fraction of sp³-hybridized carbons (Fsp3) is 0.800. The van der Waals surface area contributed by atoms with Crippen LogP contribution < -0.4 is 5.32 Å². The summed E-state index contributed by atoms with van der Waals surface area (Å²) in [4.78, 5) is 21.1. The van der Waals surface area contributed by atoms with Crippen molar-refractivity contribution in [2.75, 3.05) is 6.54 Å². The minimum atomic E-state index is 0.0394. The van der Waals surface area contributed by atoms with Crippen LogP contribution in [-0.4, -0.2) is 18.7 Å². The summed E-state index contributed by atoms with van der Waals surface area (Å²) >= 11 is 0. The largest absolute Gasteiger partial charge is 0.356 e. The maximum Gasteiger partial charge on any atom is 0.216 e. The van der Waals surface area contributed by atoms with Gasteiger partial charge in [-0.2, -0.15) is 0 Å². The van der Waals surface area contributed by atoms with Crippen molar-refractivity contribution in [1.29, 1.82) is 0 Å². The summed E-state index contributed by atoms with van der Waals surface area (Å²) in [5.41, 5.74) is 0. The highest BCUT2D eigenvalue weighted by Gasteiger charge is 2.20. The Bertz CT molecular complexity index is 183. The lowest BCUT2D eigenvalue weighted by Crippen LogP contribution is -2.29. The first-order valence-electron chi connectivity index (χ1n) is 4.92. The van der Waals surface area contributed by atoms with E-state index in [1.165, 1.54) is 6.92 Å². The van der Waals surface area contributed by atoms with Gasteiger partial charge in [-0.3, -0.25) is 4.79 Å². The highest BCUT2D eigenvalue weighted by molar-refractivity contribution is 5.72. The second-order valence-corrected chi connectivity index (χ2v) is 3.85. The van der Waals surface area contributed by atoms with Gasteiger partial charge in [0.15, 0.2) is 0 Å². The molecule has 1 fully saturated rings. The van der Waals surface area contributed by atoms with Crippen molar-refractivity contribution in [3.8, 4) is 0 Å². The van der Waals surface area contributed by atoms with Crippen molar-refractivity contribution < 1.29 is 9.59 Å². The van der Waals surface area contributed by atoms with Gasteiger partial charge in [-0.25, -0.2) is 0 Å². The Hall–Kier alpha value is -0.860. The van der Waals surface area contributed by atoms with Crippen LogP contribution in [0.4, 0.5) is 0 Å². The molecule has 1 rings (SSSR count). The second-order valence-electron chi connectivity index (χ2n) is 3.85. The molecular formula is C10H17NO2. The zero-order valence-electron chi connectivity index (χ0n) is 8.08. The number of aldehydes is 1. The Morgan fingerprint density at radius 1 is 1.38 bits per heavy atom. The molecule has 0 bridgehead atoms. The SMILES string of the molecule is CC(=O)NC[C@H]1CC[C@H](C=O)CC1. The molecule has 0 aromatic carbocycles. The minimum Gasteiger partial charge on any atom is -0.356 e. The highest BCUT2D eigenvalue weighted by atomic mass is 16.1. The van der Waals surface area contributed by atoms with Crippen molar-refractivity contribution in [2.45, 2.75) is 32.6 Å². The Kier molecular flexibility index (Phi) is 3.93. The molecule has 0 aliphatic heterocycles. The second kappa shape index (κ2) is 5.00. The molecule has 3 nitrogen and oxygen atoms in total. The first kappa shape index (κ1) is 10.2. The van der Waals surface area contributed by atoms with E-state index in [0.29, 0.717) is 5.92 Å². The third-order valence-electron chi connectivity index (χ3n) is 2.72. The molecule has 3 heteroatoms. The van der Waals surface area contributed by atoms with Crippen LogP contribution in [-0.2, 0) is 9.59 Å². The lowest BCUT2D eigenvalue weighted by atomic mass is 9.83. The summed E-state index contributed by atoms with van der Waals surface area (Å²) in [6.45, 7) is 2.32. The molecule has 0 aromatic rings.